The first-order valence-corrected chi connectivity index (χ1v) is 9.06. The summed E-state index contributed by atoms with van der Waals surface area (Å²) in [5.41, 5.74) is 3.43. The van der Waals surface area contributed by atoms with Crippen molar-refractivity contribution in [2.75, 3.05) is 20.3 Å². The second-order valence-corrected chi connectivity index (χ2v) is 5.84. The standard InChI is InChI=1S/C21H29N3O2.HI/c1-4-22-21(23-14-17-9-8-10-18(13-17)16-25-3)24-15-19-11-6-7-12-20(19)26-5-2;/h6-13H,4-5,14-16H2,1-3H3,(H2,22,23,24);1H. The van der Waals surface area contributed by atoms with E-state index in [4.69, 9.17) is 9.47 Å². The summed E-state index contributed by atoms with van der Waals surface area (Å²) in [5, 5.41) is 6.67. The van der Waals surface area contributed by atoms with Gasteiger partial charge in [-0.15, -0.1) is 24.0 Å². The van der Waals surface area contributed by atoms with Crippen molar-refractivity contribution in [2.45, 2.75) is 33.5 Å². The molecule has 0 heterocycles. The molecular formula is C21H30IN3O2. The topological polar surface area (TPSA) is 54.9 Å². The van der Waals surface area contributed by atoms with Gasteiger partial charge in [-0.1, -0.05) is 42.5 Å². The zero-order chi connectivity index (χ0) is 18.6. The number of methoxy groups -OCH3 is 1. The number of hydrogen-bond acceptors (Lipinski definition) is 3. The van der Waals surface area contributed by atoms with Crippen LogP contribution in [0, 0.1) is 0 Å². The van der Waals surface area contributed by atoms with E-state index < -0.39 is 0 Å². The lowest BCUT2D eigenvalue weighted by molar-refractivity contribution is 0.185. The number of guanidine groups is 1. The summed E-state index contributed by atoms with van der Waals surface area (Å²) < 4.78 is 10.9. The van der Waals surface area contributed by atoms with Gasteiger partial charge in [-0.3, -0.25) is 0 Å². The molecule has 0 aliphatic rings. The SMILES string of the molecule is CCNC(=NCc1cccc(COC)c1)NCc1ccccc1OCC.I. The minimum Gasteiger partial charge on any atom is -0.494 e. The Hall–Kier alpha value is -1.80. The Morgan fingerprint density at radius 1 is 1.00 bits per heavy atom. The fourth-order valence-electron chi connectivity index (χ4n) is 2.62. The van der Waals surface area contributed by atoms with E-state index >= 15 is 0 Å². The van der Waals surface area contributed by atoms with Crippen LogP contribution in [0.1, 0.15) is 30.5 Å². The van der Waals surface area contributed by atoms with E-state index in [1.165, 1.54) is 0 Å². The summed E-state index contributed by atoms with van der Waals surface area (Å²) in [6.07, 6.45) is 0. The lowest BCUT2D eigenvalue weighted by atomic mass is 10.1. The lowest BCUT2D eigenvalue weighted by Crippen LogP contribution is -2.36. The molecule has 27 heavy (non-hydrogen) atoms. The Morgan fingerprint density at radius 2 is 1.78 bits per heavy atom. The van der Waals surface area contributed by atoms with Crippen molar-refractivity contribution in [3.05, 3.63) is 65.2 Å². The number of benzene rings is 2. The molecule has 0 aliphatic heterocycles. The maximum Gasteiger partial charge on any atom is 0.191 e. The van der Waals surface area contributed by atoms with Crippen LogP contribution >= 0.6 is 24.0 Å². The van der Waals surface area contributed by atoms with Gasteiger partial charge in [0.1, 0.15) is 5.75 Å². The van der Waals surface area contributed by atoms with Crippen LogP contribution in [-0.4, -0.2) is 26.2 Å². The Kier molecular flexibility index (Phi) is 11.5. The second-order valence-electron chi connectivity index (χ2n) is 5.84. The number of para-hydroxylation sites is 1. The molecular weight excluding hydrogens is 453 g/mol. The van der Waals surface area contributed by atoms with Crippen molar-refractivity contribution < 1.29 is 9.47 Å². The Balaban J connectivity index is 0.00000364. The van der Waals surface area contributed by atoms with Gasteiger partial charge >= 0.3 is 0 Å². The van der Waals surface area contributed by atoms with Crippen LogP contribution in [0.3, 0.4) is 0 Å². The van der Waals surface area contributed by atoms with Crippen molar-refractivity contribution in [3.8, 4) is 5.75 Å². The first-order valence-electron chi connectivity index (χ1n) is 9.06. The fourth-order valence-corrected chi connectivity index (χ4v) is 2.62. The normalized spacial score (nSPS) is 10.9. The van der Waals surface area contributed by atoms with Crippen molar-refractivity contribution in [1.82, 2.24) is 10.6 Å². The molecule has 0 aliphatic carbocycles. The van der Waals surface area contributed by atoms with Crippen LogP contribution in [0.5, 0.6) is 5.75 Å². The van der Waals surface area contributed by atoms with Gasteiger partial charge in [0.05, 0.1) is 19.8 Å². The number of nitrogens with zero attached hydrogens (tertiary/aromatic N) is 1. The molecule has 0 saturated heterocycles. The van der Waals surface area contributed by atoms with E-state index in [-0.39, 0.29) is 24.0 Å². The quantitative estimate of drug-likeness (QED) is 0.321. The molecule has 5 nitrogen and oxygen atoms in total. The average Bonchev–Trinajstić information content (AvgIpc) is 2.66. The smallest absolute Gasteiger partial charge is 0.191 e. The molecule has 148 valence electrons. The molecule has 0 spiro atoms. The largest absolute Gasteiger partial charge is 0.494 e. The maximum absolute atomic E-state index is 5.68. The first kappa shape index (κ1) is 23.2. The molecule has 6 heteroatoms. The van der Waals surface area contributed by atoms with Gasteiger partial charge in [0.15, 0.2) is 5.96 Å². The third-order valence-corrected chi connectivity index (χ3v) is 3.79. The van der Waals surface area contributed by atoms with E-state index in [1.54, 1.807) is 7.11 Å². The zero-order valence-corrected chi connectivity index (χ0v) is 18.7. The molecule has 2 aromatic rings. The number of aliphatic imine (C=N–C) groups is 1. The monoisotopic (exact) mass is 483 g/mol. The van der Waals surface area contributed by atoms with E-state index in [0.29, 0.717) is 26.3 Å². The molecule has 2 aromatic carbocycles. The summed E-state index contributed by atoms with van der Waals surface area (Å²) in [5.74, 6) is 1.70. The van der Waals surface area contributed by atoms with Crippen molar-refractivity contribution >= 4 is 29.9 Å². The van der Waals surface area contributed by atoms with Crippen molar-refractivity contribution in [1.29, 1.82) is 0 Å². The van der Waals surface area contributed by atoms with Gasteiger partial charge in [0, 0.05) is 25.8 Å². The van der Waals surface area contributed by atoms with E-state index in [2.05, 4.69) is 46.8 Å². The summed E-state index contributed by atoms with van der Waals surface area (Å²) in [6, 6.07) is 16.4. The molecule has 0 bridgehead atoms. The Labute approximate surface area is 179 Å². The second kappa shape index (κ2) is 13.4. The minimum atomic E-state index is 0. The molecule has 0 saturated carbocycles. The number of rotatable bonds is 9. The molecule has 0 fully saturated rings. The van der Waals surface area contributed by atoms with Crippen LogP contribution in [-0.2, 0) is 24.4 Å². The van der Waals surface area contributed by atoms with Crippen LogP contribution in [0.25, 0.3) is 0 Å². The number of hydrogen-bond donors (Lipinski definition) is 2. The molecule has 2 N–H and O–H groups in total. The summed E-state index contributed by atoms with van der Waals surface area (Å²) in [6.45, 7) is 7.40. The highest BCUT2D eigenvalue weighted by Crippen LogP contribution is 2.17. The highest BCUT2D eigenvalue weighted by molar-refractivity contribution is 14.0. The number of nitrogens with one attached hydrogen (secondary N) is 2. The van der Waals surface area contributed by atoms with Gasteiger partial charge in [-0.25, -0.2) is 4.99 Å². The third-order valence-electron chi connectivity index (χ3n) is 3.79. The number of ether oxygens (including phenoxy) is 2. The van der Waals surface area contributed by atoms with Crippen LogP contribution in [0.2, 0.25) is 0 Å². The van der Waals surface area contributed by atoms with E-state index in [1.807, 2.05) is 31.2 Å². The molecule has 0 aromatic heterocycles. The fraction of sp³-hybridized carbons (Fsp3) is 0.381. The molecule has 0 amide bonds. The first-order chi connectivity index (χ1) is 12.8. The van der Waals surface area contributed by atoms with Crippen LogP contribution in [0.4, 0.5) is 0 Å². The van der Waals surface area contributed by atoms with Gasteiger partial charge in [0.25, 0.3) is 0 Å². The number of halogens is 1. The predicted octanol–water partition coefficient (Wildman–Crippen LogP) is 4.11. The van der Waals surface area contributed by atoms with Gasteiger partial charge < -0.3 is 20.1 Å². The maximum atomic E-state index is 5.68. The summed E-state index contributed by atoms with van der Waals surface area (Å²) >= 11 is 0. The molecule has 2 rings (SSSR count). The van der Waals surface area contributed by atoms with Crippen LogP contribution in [0.15, 0.2) is 53.5 Å². The van der Waals surface area contributed by atoms with Gasteiger partial charge in [-0.2, -0.15) is 0 Å². The minimum absolute atomic E-state index is 0. The molecule has 0 atom stereocenters. The highest BCUT2D eigenvalue weighted by Gasteiger charge is 2.04. The van der Waals surface area contributed by atoms with E-state index in [9.17, 15) is 0 Å². The predicted molar refractivity (Wildman–Crippen MR) is 122 cm³/mol. The summed E-state index contributed by atoms with van der Waals surface area (Å²) in [7, 11) is 1.71. The van der Waals surface area contributed by atoms with Gasteiger partial charge in [-0.05, 0) is 31.0 Å². The van der Waals surface area contributed by atoms with Gasteiger partial charge in [0.2, 0.25) is 0 Å². The third kappa shape index (κ3) is 8.17. The lowest BCUT2D eigenvalue weighted by Gasteiger charge is -2.14. The van der Waals surface area contributed by atoms with Crippen molar-refractivity contribution in [2.24, 2.45) is 4.99 Å². The Bertz CT molecular complexity index is 707. The van der Waals surface area contributed by atoms with Crippen LogP contribution < -0.4 is 15.4 Å². The van der Waals surface area contributed by atoms with Crippen molar-refractivity contribution in [3.63, 3.8) is 0 Å². The van der Waals surface area contributed by atoms with E-state index in [0.717, 1.165) is 34.9 Å². The summed E-state index contributed by atoms with van der Waals surface area (Å²) in [4.78, 5) is 4.69. The molecule has 0 radical (unpaired) electrons. The zero-order valence-electron chi connectivity index (χ0n) is 16.3. The Morgan fingerprint density at radius 3 is 2.52 bits per heavy atom. The average molecular weight is 483 g/mol. The molecule has 0 unspecified atom stereocenters. The highest BCUT2D eigenvalue weighted by atomic mass is 127.